The summed E-state index contributed by atoms with van der Waals surface area (Å²) in [6, 6.07) is 8.35. The molecule has 0 bridgehead atoms. The summed E-state index contributed by atoms with van der Waals surface area (Å²) < 4.78 is 12.8. The molecule has 0 amide bonds. The Morgan fingerprint density at radius 3 is 2.72 bits per heavy atom. The van der Waals surface area contributed by atoms with E-state index < -0.39 is 0 Å². The fraction of sp³-hybridized carbons (Fsp3) is 0.545. The number of ether oxygens (including phenoxy) is 2. The van der Waals surface area contributed by atoms with Gasteiger partial charge in [0.15, 0.2) is 5.96 Å². The van der Waals surface area contributed by atoms with Crippen LogP contribution < -0.4 is 15.4 Å². The van der Waals surface area contributed by atoms with Gasteiger partial charge in [0.1, 0.15) is 5.75 Å². The van der Waals surface area contributed by atoms with Gasteiger partial charge in [-0.2, -0.15) is 5.10 Å². The number of nitrogens with one attached hydrogen (secondary N) is 2. The first-order valence-corrected chi connectivity index (χ1v) is 10.1. The average molecular weight is 402 g/mol. The summed E-state index contributed by atoms with van der Waals surface area (Å²) in [6.45, 7) is 8.36. The number of rotatable bonds is 10. The van der Waals surface area contributed by atoms with Gasteiger partial charge >= 0.3 is 0 Å². The molecule has 7 nitrogen and oxygen atoms in total. The molecule has 0 aliphatic heterocycles. The number of aryl methyl sites for hydroxylation is 2. The van der Waals surface area contributed by atoms with Crippen LogP contribution in [0.2, 0.25) is 0 Å². The van der Waals surface area contributed by atoms with E-state index in [1.54, 1.807) is 14.2 Å². The molecule has 7 heteroatoms. The minimum absolute atomic E-state index is 0.234. The van der Waals surface area contributed by atoms with E-state index in [1.807, 2.05) is 23.9 Å². The van der Waals surface area contributed by atoms with Crippen LogP contribution in [0, 0.1) is 13.8 Å². The fourth-order valence-electron chi connectivity index (χ4n) is 3.22. The Bertz CT molecular complexity index is 800. The normalized spacial score (nSPS) is 12.7. The highest BCUT2D eigenvalue weighted by atomic mass is 16.5. The van der Waals surface area contributed by atoms with E-state index in [0.717, 1.165) is 35.8 Å². The monoisotopic (exact) mass is 401 g/mol. The number of nitrogens with zero attached hydrogens (tertiary/aromatic N) is 3. The van der Waals surface area contributed by atoms with Crippen molar-refractivity contribution >= 4 is 5.96 Å². The molecule has 1 aromatic carbocycles. The van der Waals surface area contributed by atoms with E-state index in [1.165, 1.54) is 11.3 Å². The van der Waals surface area contributed by atoms with Gasteiger partial charge in [0.25, 0.3) is 0 Å². The highest BCUT2D eigenvalue weighted by molar-refractivity contribution is 5.79. The van der Waals surface area contributed by atoms with Crippen molar-refractivity contribution in [3.8, 4) is 5.75 Å². The number of guanidine groups is 1. The minimum atomic E-state index is 0.234. The first-order valence-electron chi connectivity index (χ1n) is 10.1. The van der Waals surface area contributed by atoms with Gasteiger partial charge in [-0.25, -0.2) is 0 Å². The zero-order valence-electron chi connectivity index (χ0n) is 18.6. The van der Waals surface area contributed by atoms with Crippen LogP contribution in [0.15, 0.2) is 29.3 Å². The number of benzene rings is 1. The molecule has 1 atom stereocenters. The van der Waals surface area contributed by atoms with Gasteiger partial charge in [0.2, 0.25) is 0 Å². The second-order valence-electron chi connectivity index (χ2n) is 7.29. The van der Waals surface area contributed by atoms with Crippen molar-refractivity contribution in [1.82, 2.24) is 20.4 Å². The predicted octanol–water partition coefficient (Wildman–Crippen LogP) is 2.75. The van der Waals surface area contributed by atoms with Gasteiger partial charge in [-0.1, -0.05) is 12.1 Å². The van der Waals surface area contributed by atoms with Crippen molar-refractivity contribution in [2.45, 2.75) is 46.2 Å². The molecule has 0 saturated heterocycles. The van der Waals surface area contributed by atoms with Crippen molar-refractivity contribution in [3.05, 3.63) is 46.8 Å². The van der Waals surface area contributed by atoms with E-state index in [9.17, 15) is 0 Å². The average Bonchev–Trinajstić information content (AvgIpc) is 2.94. The smallest absolute Gasteiger partial charge is 0.191 e. The number of aliphatic imine (C=N–C) groups is 1. The number of methoxy groups -OCH3 is 1. The highest BCUT2D eigenvalue weighted by Crippen LogP contribution is 2.15. The molecule has 0 saturated carbocycles. The lowest BCUT2D eigenvalue weighted by molar-refractivity contribution is 0.172. The Labute approximate surface area is 174 Å². The number of hydrogen-bond acceptors (Lipinski definition) is 4. The summed E-state index contributed by atoms with van der Waals surface area (Å²) in [5.74, 6) is 1.65. The van der Waals surface area contributed by atoms with Gasteiger partial charge in [-0.15, -0.1) is 0 Å². The Hall–Kier alpha value is -2.54. The molecule has 2 rings (SSSR count). The number of aromatic nitrogens is 2. The summed E-state index contributed by atoms with van der Waals surface area (Å²) in [5.41, 5.74) is 4.73. The van der Waals surface area contributed by atoms with E-state index >= 15 is 0 Å². The molecule has 0 aliphatic rings. The maximum atomic E-state index is 5.78. The molecule has 0 fully saturated rings. The van der Waals surface area contributed by atoms with Crippen LogP contribution in [0.25, 0.3) is 0 Å². The lowest BCUT2D eigenvalue weighted by atomic mass is 10.1. The van der Waals surface area contributed by atoms with Gasteiger partial charge in [-0.05, 0) is 50.5 Å². The van der Waals surface area contributed by atoms with E-state index in [-0.39, 0.29) is 6.04 Å². The van der Waals surface area contributed by atoms with Gasteiger partial charge < -0.3 is 20.1 Å². The maximum absolute atomic E-state index is 5.78. The topological polar surface area (TPSA) is 72.7 Å². The third-order valence-electron chi connectivity index (χ3n) is 4.90. The van der Waals surface area contributed by atoms with E-state index in [2.05, 4.69) is 53.6 Å². The Balaban J connectivity index is 1.85. The third-order valence-corrected chi connectivity index (χ3v) is 4.90. The third kappa shape index (κ3) is 7.09. The van der Waals surface area contributed by atoms with Crippen molar-refractivity contribution < 1.29 is 9.47 Å². The van der Waals surface area contributed by atoms with Crippen LogP contribution in [0.5, 0.6) is 5.75 Å². The van der Waals surface area contributed by atoms with Gasteiger partial charge in [-0.3, -0.25) is 9.67 Å². The Morgan fingerprint density at radius 1 is 1.28 bits per heavy atom. The second kappa shape index (κ2) is 11.5. The van der Waals surface area contributed by atoms with Gasteiger partial charge in [0.05, 0.1) is 12.3 Å². The maximum Gasteiger partial charge on any atom is 0.191 e. The highest BCUT2D eigenvalue weighted by Gasteiger charge is 2.14. The molecular formula is C22H35N5O2. The minimum Gasteiger partial charge on any atom is -0.493 e. The molecule has 1 unspecified atom stereocenters. The van der Waals surface area contributed by atoms with Crippen molar-refractivity contribution in [2.24, 2.45) is 12.0 Å². The Kier molecular flexibility index (Phi) is 8.99. The first-order chi connectivity index (χ1) is 13.9. The molecule has 1 aromatic heterocycles. The van der Waals surface area contributed by atoms with E-state index in [4.69, 9.17) is 9.47 Å². The number of hydrogen-bond donors (Lipinski definition) is 2. The molecule has 0 spiro atoms. The van der Waals surface area contributed by atoms with E-state index in [0.29, 0.717) is 19.8 Å². The van der Waals surface area contributed by atoms with Crippen molar-refractivity contribution in [2.75, 3.05) is 27.4 Å². The van der Waals surface area contributed by atoms with Crippen molar-refractivity contribution in [3.63, 3.8) is 0 Å². The zero-order valence-corrected chi connectivity index (χ0v) is 18.6. The van der Waals surface area contributed by atoms with Crippen LogP contribution >= 0.6 is 0 Å². The summed E-state index contributed by atoms with van der Waals surface area (Å²) >= 11 is 0. The standard InChI is InChI=1S/C22H35N5O2/c1-16(13-21-17(2)26-27(5)18(21)3)25-22(23-4)24-15-19-9-7-10-20(14-19)29-12-8-11-28-6/h7,9-10,14,16H,8,11-13,15H2,1-6H3,(H2,23,24,25). The molecular weight excluding hydrogens is 366 g/mol. The largest absolute Gasteiger partial charge is 0.493 e. The molecule has 0 radical (unpaired) electrons. The lowest BCUT2D eigenvalue weighted by Crippen LogP contribution is -2.42. The molecule has 1 heterocycles. The Morgan fingerprint density at radius 2 is 2.07 bits per heavy atom. The molecule has 2 aromatic rings. The van der Waals surface area contributed by atoms with Crippen LogP contribution in [0.3, 0.4) is 0 Å². The molecule has 160 valence electrons. The first kappa shape index (κ1) is 22.7. The van der Waals surface area contributed by atoms with Crippen LogP contribution in [-0.2, 0) is 24.8 Å². The van der Waals surface area contributed by atoms with Crippen LogP contribution in [-0.4, -0.2) is 49.2 Å². The van der Waals surface area contributed by atoms with Gasteiger partial charge in [0, 0.05) is 52.5 Å². The summed E-state index contributed by atoms with van der Waals surface area (Å²) in [7, 11) is 5.48. The second-order valence-corrected chi connectivity index (χ2v) is 7.29. The van der Waals surface area contributed by atoms with Crippen molar-refractivity contribution in [1.29, 1.82) is 0 Å². The molecule has 2 N–H and O–H groups in total. The zero-order chi connectivity index (χ0) is 21.2. The summed E-state index contributed by atoms with van der Waals surface area (Å²) in [5, 5.41) is 11.4. The molecule has 29 heavy (non-hydrogen) atoms. The van der Waals surface area contributed by atoms with Crippen LogP contribution in [0.1, 0.15) is 35.9 Å². The quantitative estimate of drug-likeness (QED) is 0.364. The predicted molar refractivity (Wildman–Crippen MR) is 118 cm³/mol. The molecule has 0 aliphatic carbocycles. The fourth-order valence-corrected chi connectivity index (χ4v) is 3.22. The SMILES string of the molecule is CN=C(NCc1cccc(OCCCOC)c1)NC(C)Cc1c(C)nn(C)c1C. The summed E-state index contributed by atoms with van der Waals surface area (Å²) in [6.07, 6.45) is 1.78. The summed E-state index contributed by atoms with van der Waals surface area (Å²) in [4.78, 5) is 4.36. The lowest BCUT2D eigenvalue weighted by Gasteiger charge is -2.18. The van der Waals surface area contributed by atoms with Crippen LogP contribution in [0.4, 0.5) is 0 Å².